The first-order valence-electron chi connectivity index (χ1n) is 9.02. The van der Waals surface area contributed by atoms with E-state index in [1.54, 1.807) is 31.1 Å². The Morgan fingerprint density at radius 1 is 1.19 bits per heavy atom. The van der Waals surface area contributed by atoms with Crippen LogP contribution in [-0.4, -0.2) is 55.1 Å². The van der Waals surface area contributed by atoms with E-state index < -0.39 is 12.1 Å². The summed E-state index contributed by atoms with van der Waals surface area (Å²) < 4.78 is 38.5. The second-order valence-electron chi connectivity index (χ2n) is 7.33. The SMILES string of the molecule is CN(C)c1nc(NC(=O)C2CC2)ccc1C(=O)N1CCC(C(F)(F)F)CC1.[HH]. The van der Waals surface area contributed by atoms with Crippen molar-refractivity contribution in [2.45, 2.75) is 31.9 Å². The number of carbonyl (C=O) groups is 2. The van der Waals surface area contributed by atoms with Crippen LogP contribution in [0.25, 0.3) is 0 Å². The number of halogens is 3. The van der Waals surface area contributed by atoms with Crippen LogP contribution in [0.3, 0.4) is 0 Å². The second-order valence-corrected chi connectivity index (χ2v) is 7.33. The number of nitrogens with one attached hydrogen (secondary N) is 1. The van der Waals surface area contributed by atoms with Gasteiger partial charge >= 0.3 is 6.18 Å². The van der Waals surface area contributed by atoms with Crippen LogP contribution in [-0.2, 0) is 4.79 Å². The lowest BCUT2D eigenvalue weighted by atomic mass is 9.96. The number of likely N-dealkylation sites (tertiary alicyclic amines) is 1. The highest BCUT2D eigenvalue weighted by Gasteiger charge is 2.42. The normalized spacial score (nSPS) is 18.3. The molecule has 1 aromatic rings. The number of alkyl halides is 3. The van der Waals surface area contributed by atoms with Gasteiger partial charge in [-0.15, -0.1) is 0 Å². The average Bonchev–Trinajstić information content (AvgIpc) is 3.45. The molecule has 1 N–H and O–H groups in total. The number of hydrogen-bond donors (Lipinski definition) is 1. The van der Waals surface area contributed by atoms with Gasteiger partial charge in [-0.2, -0.15) is 13.2 Å². The van der Waals surface area contributed by atoms with Gasteiger partial charge in [0.1, 0.15) is 11.6 Å². The van der Waals surface area contributed by atoms with E-state index in [9.17, 15) is 22.8 Å². The molecule has 9 heteroatoms. The lowest BCUT2D eigenvalue weighted by Crippen LogP contribution is -2.42. The van der Waals surface area contributed by atoms with E-state index in [-0.39, 0.29) is 45.1 Å². The fraction of sp³-hybridized carbons (Fsp3) is 0.611. The summed E-state index contributed by atoms with van der Waals surface area (Å²) in [6, 6.07) is 3.13. The molecule has 150 valence electrons. The molecule has 0 unspecified atom stereocenters. The molecule has 1 aliphatic carbocycles. The summed E-state index contributed by atoms with van der Waals surface area (Å²) in [5.74, 6) is -0.999. The van der Waals surface area contributed by atoms with Gasteiger partial charge in [-0.25, -0.2) is 4.98 Å². The van der Waals surface area contributed by atoms with E-state index in [1.165, 1.54) is 4.90 Å². The van der Waals surface area contributed by atoms with Crippen molar-refractivity contribution in [3.8, 4) is 0 Å². The molecular formula is C18H25F3N4O2. The fourth-order valence-corrected chi connectivity index (χ4v) is 3.18. The quantitative estimate of drug-likeness (QED) is 0.863. The largest absolute Gasteiger partial charge is 0.391 e. The predicted octanol–water partition coefficient (Wildman–Crippen LogP) is 3.16. The Bertz CT molecular complexity index is 730. The van der Waals surface area contributed by atoms with Gasteiger partial charge in [0.15, 0.2) is 0 Å². The second kappa shape index (κ2) is 7.36. The Morgan fingerprint density at radius 3 is 2.33 bits per heavy atom. The van der Waals surface area contributed by atoms with Crippen molar-refractivity contribution in [1.82, 2.24) is 9.88 Å². The maximum Gasteiger partial charge on any atom is 0.391 e. The van der Waals surface area contributed by atoms with E-state index in [0.29, 0.717) is 17.2 Å². The van der Waals surface area contributed by atoms with E-state index in [4.69, 9.17) is 0 Å². The van der Waals surface area contributed by atoms with Gasteiger partial charge in [-0.1, -0.05) is 0 Å². The zero-order valence-corrected chi connectivity index (χ0v) is 15.3. The maximum atomic E-state index is 12.8. The monoisotopic (exact) mass is 386 g/mol. The maximum absolute atomic E-state index is 12.8. The number of anilines is 2. The lowest BCUT2D eigenvalue weighted by molar-refractivity contribution is -0.183. The molecule has 3 rings (SSSR count). The molecule has 1 aliphatic heterocycles. The Labute approximate surface area is 157 Å². The topological polar surface area (TPSA) is 65.5 Å². The number of carbonyl (C=O) groups excluding carboxylic acids is 2. The van der Waals surface area contributed by atoms with Gasteiger partial charge < -0.3 is 15.1 Å². The number of aromatic nitrogens is 1. The van der Waals surface area contributed by atoms with Crippen LogP contribution in [0, 0.1) is 11.8 Å². The minimum absolute atomic E-state index is 0. The van der Waals surface area contributed by atoms with Crippen molar-refractivity contribution in [2.75, 3.05) is 37.4 Å². The van der Waals surface area contributed by atoms with Gasteiger partial charge in [0.05, 0.1) is 11.5 Å². The van der Waals surface area contributed by atoms with Gasteiger partial charge in [-0.3, -0.25) is 9.59 Å². The van der Waals surface area contributed by atoms with Crippen LogP contribution in [0.5, 0.6) is 0 Å². The number of amides is 2. The number of piperidine rings is 1. The van der Waals surface area contributed by atoms with E-state index in [0.717, 1.165) is 12.8 Å². The van der Waals surface area contributed by atoms with Crippen LogP contribution >= 0.6 is 0 Å². The minimum Gasteiger partial charge on any atom is -0.362 e. The van der Waals surface area contributed by atoms with E-state index in [1.807, 2.05) is 0 Å². The third-order valence-electron chi connectivity index (χ3n) is 4.97. The first kappa shape index (κ1) is 19.4. The Hall–Kier alpha value is -2.32. The highest BCUT2D eigenvalue weighted by molar-refractivity contribution is 6.00. The lowest BCUT2D eigenvalue weighted by Gasteiger charge is -2.33. The molecule has 0 radical (unpaired) electrons. The molecule has 2 aliphatic rings. The zero-order chi connectivity index (χ0) is 19.8. The summed E-state index contributed by atoms with van der Waals surface area (Å²) in [7, 11) is 3.45. The molecule has 0 spiro atoms. The highest BCUT2D eigenvalue weighted by atomic mass is 19.4. The Morgan fingerprint density at radius 2 is 1.81 bits per heavy atom. The summed E-state index contributed by atoms with van der Waals surface area (Å²) in [6.45, 7) is 0.131. The third-order valence-corrected chi connectivity index (χ3v) is 4.97. The standard InChI is InChI=1S/C18H23F3N4O2.H2/c1-24(2)15-13(5-6-14(22-15)23-16(26)11-3-4-11)17(27)25-9-7-12(8-10-25)18(19,20)21;/h5-6,11-12H,3-4,7-10H2,1-2H3,(H,22,23,26);1H. The van der Waals surface area contributed by atoms with Gasteiger partial charge in [0, 0.05) is 34.5 Å². The van der Waals surface area contributed by atoms with Gasteiger partial charge in [-0.05, 0) is 37.8 Å². The first-order valence-corrected chi connectivity index (χ1v) is 9.02. The van der Waals surface area contributed by atoms with E-state index >= 15 is 0 Å². The number of hydrogen-bond acceptors (Lipinski definition) is 4. The summed E-state index contributed by atoms with van der Waals surface area (Å²) in [4.78, 5) is 32.2. The van der Waals surface area contributed by atoms with Crippen LogP contribution in [0.15, 0.2) is 12.1 Å². The highest BCUT2D eigenvalue weighted by Crippen LogP contribution is 2.35. The zero-order valence-electron chi connectivity index (χ0n) is 15.3. The third kappa shape index (κ3) is 4.51. The molecule has 6 nitrogen and oxygen atoms in total. The van der Waals surface area contributed by atoms with E-state index in [2.05, 4.69) is 10.3 Å². The summed E-state index contributed by atoms with van der Waals surface area (Å²) in [5.41, 5.74) is 0.315. The molecule has 1 saturated carbocycles. The molecule has 27 heavy (non-hydrogen) atoms. The summed E-state index contributed by atoms with van der Waals surface area (Å²) in [5, 5.41) is 2.74. The van der Waals surface area contributed by atoms with Crippen molar-refractivity contribution in [3.63, 3.8) is 0 Å². The summed E-state index contributed by atoms with van der Waals surface area (Å²) >= 11 is 0. The first-order chi connectivity index (χ1) is 12.7. The molecule has 2 heterocycles. The minimum atomic E-state index is -4.22. The molecule has 0 bridgehead atoms. The molecule has 2 fully saturated rings. The van der Waals surface area contributed by atoms with Crippen molar-refractivity contribution in [3.05, 3.63) is 17.7 Å². The van der Waals surface area contributed by atoms with Gasteiger partial charge in [0.2, 0.25) is 5.91 Å². The van der Waals surface area contributed by atoms with Crippen molar-refractivity contribution in [2.24, 2.45) is 11.8 Å². The predicted molar refractivity (Wildman–Crippen MR) is 96.7 cm³/mol. The number of nitrogens with zero attached hydrogens (tertiary/aromatic N) is 3. The van der Waals surface area contributed by atoms with Crippen LogP contribution in [0.2, 0.25) is 0 Å². The fourth-order valence-electron chi connectivity index (χ4n) is 3.18. The van der Waals surface area contributed by atoms with Crippen LogP contribution in [0.1, 0.15) is 37.5 Å². The average molecular weight is 386 g/mol. The molecule has 1 saturated heterocycles. The summed E-state index contributed by atoms with van der Waals surface area (Å²) in [6.07, 6.45) is -2.65. The Balaban J connectivity index is 0.00000280. The Kier molecular flexibility index (Phi) is 5.30. The molecular weight excluding hydrogens is 361 g/mol. The van der Waals surface area contributed by atoms with Crippen LogP contribution < -0.4 is 10.2 Å². The molecule has 0 aromatic carbocycles. The molecule has 2 amide bonds. The van der Waals surface area contributed by atoms with Crippen molar-refractivity contribution >= 4 is 23.5 Å². The van der Waals surface area contributed by atoms with Crippen LogP contribution in [0.4, 0.5) is 24.8 Å². The number of pyridine rings is 1. The number of rotatable bonds is 4. The van der Waals surface area contributed by atoms with Crippen molar-refractivity contribution in [1.29, 1.82) is 0 Å². The smallest absolute Gasteiger partial charge is 0.362 e. The van der Waals surface area contributed by atoms with Crippen molar-refractivity contribution < 1.29 is 24.2 Å². The van der Waals surface area contributed by atoms with Gasteiger partial charge in [0.25, 0.3) is 5.91 Å². The molecule has 0 atom stereocenters. The molecule has 1 aromatic heterocycles.